The summed E-state index contributed by atoms with van der Waals surface area (Å²) >= 11 is 1.70. The van der Waals surface area contributed by atoms with Gasteiger partial charge in [-0.3, -0.25) is 9.69 Å². The first-order valence-electron chi connectivity index (χ1n) is 7.75. The fourth-order valence-corrected chi connectivity index (χ4v) is 4.90. The molecule has 5 heteroatoms. The fraction of sp³-hybridized carbons (Fsp3) is 0.688. The Labute approximate surface area is 136 Å². The number of rotatable bonds is 3. The van der Waals surface area contributed by atoms with E-state index in [1.807, 2.05) is 6.07 Å². The summed E-state index contributed by atoms with van der Waals surface area (Å²) in [6, 6.07) is 4.14. The second-order valence-corrected chi connectivity index (χ2v) is 7.44. The van der Waals surface area contributed by atoms with Crippen molar-refractivity contribution in [2.75, 3.05) is 19.6 Å². The molecule has 4 aliphatic rings. The van der Waals surface area contributed by atoms with Crippen molar-refractivity contribution in [2.45, 2.75) is 43.6 Å². The quantitative estimate of drug-likeness (QED) is 0.798. The Hall–Kier alpha value is -0.580. The van der Waals surface area contributed by atoms with Gasteiger partial charge >= 0.3 is 5.97 Å². The van der Waals surface area contributed by atoms with Gasteiger partial charge in [-0.2, -0.15) is 0 Å². The van der Waals surface area contributed by atoms with Gasteiger partial charge in [0.25, 0.3) is 0 Å². The van der Waals surface area contributed by atoms with Crippen LogP contribution in [-0.2, 0) is 14.9 Å². The molecule has 1 atom stereocenters. The number of ether oxygens (including phenoxy) is 1. The van der Waals surface area contributed by atoms with E-state index in [1.54, 1.807) is 11.3 Å². The highest BCUT2D eigenvalue weighted by Gasteiger charge is 2.49. The van der Waals surface area contributed by atoms with E-state index in [9.17, 15) is 4.79 Å². The Morgan fingerprint density at radius 3 is 2.57 bits per heavy atom. The molecular formula is C16H22ClNO2S. The van der Waals surface area contributed by atoms with Gasteiger partial charge in [-0.1, -0.05) is 12.5 Å². The first-order chi connectivity index (χ1) is 9.78. The first-order valence-corrected chi connectivity index (χ1v) is 8.63. The number of esters is 1. The van der Waals surface area contributed by atoms with Gasteiger partial charge in [-0.25, -0.2) is 0 Å². The smallest absolute Gasteiger partial charge is 0.317 e. The highest BCUT2D eigenvalue weighted by atomic mass is 35.5. The zero-order chi connectivity index (χ0) is 13.6. The third-order valence-corrected chi connectivity index (χ3v) is 6.52. The Balaban J connectivity index is 0.00000132. The summed E-state index contributed by atoms with van der Waals surface area (Å²) in [5, 5.41) is 2.07. The SMILES string of the molecule is Cl.O=C(OC1CN2CCC1CC2)C1(c2cccs2)CCC1. The lowest BCUT2D eigenvalue weighted by Gasteiger charge is -2.46. The number of piperidine rings is 3. The van der Waals surface area contributed by atoms with Crippen LogP contribution in [0.25, 0.3) is 0 Å². The third-order valence-electron chi connectivity index (χ3n) is 5.45. The Morgan fingerprint density at radius 1 is 1.33 bits per heavy atom. The number of thiophene rings is 1. The van der Waals surface area contributed by atoms with Gasteiger partial charge in [0.1, 0.15) is 11.5 Å². The molecule has 1 aliphatic carbocycles. The largest absolute Gasteiger partial charge is 0.460 e. The molecule has 3 saturated heterocycles. The molecule has 2 bridgehead atoms. The van der Waals surface area contributed by atoms with Crippen LogP contribution in [0.5, 0.6) is 0 Å². The molecule has 1 aromatic rings. The van der Waals surface area contributed by atoms with E-state index in [0.29, 0.717) is 5.92 Å². The van der Waals surface area contributed by atoms with Crippen molar-refractivity contribution >= 4 is 29.7 Å². The van der Waals surface area contributed by atoms with Crippen LogP contribution in [0.1, 0.15) is 37.0 Å². The van der Waals surface area contributed by atoms with E-state index in [-0.39, 0.29) is 29.9 Å². The van der Waals surface area contributed by atoms with E-state index in [1.165, 1.54) is 30.8 Å². The van der Waals surface area contributed by atoms with Gasteiger partial charge in [0.2, 0.25) is 0 Å². The zero-order valence-electron chi connectivity index (χ0n) is 12.1. The lowest BCUT2D eigenvalue weighted by molar-refractivity contribution is -0.169. The number of nitrogens with zero attached hydrogens (tertiary/aromatic N) is 1. The lowest BCUT2D eigenvalue weighted by atomic mass is 9.67. The van der Waals surface area contributed by atoms with Crippen LogP contribution in [0, 0.1) is 5.92 Å². The Morgan fingerprint density at radius 2 is 2.10 bits per heavy atom. The molecule has 0 radical (unpaired) electrons. The normalized spacial score (nSPS) is 32.9. The number of carbonyl (C=O) groups is 1. The summed E-state index contributed by atoms with van der Waals surface area (Å²) in [4.78, 5) is 16.4. The van der Waals surface area contributed by atoms with Crippen molar-refractivity contribution in [1.82, 2.24) is 4.90 Å². The van der Waals surface area contributed by atoms with Crippen molar-refractivity contribution in [3.05, 3.63) is 22.4 Å². The van der Waals surface area contributed by atoms with Gasteiger partial charge in [0.15, 0.2) is 0 Å². The van der Waals surface area contributed by atoms with Crippen LogP contribution in [0.2, 0.25) is 0 Å². The van der Waals surface area contributed by atoms with E-state index in [2.05, 4.69) is 16.3 Å². The highest BCUT2D eigenvalue weighted by Crippen LogP contribution is 2.47. The summed E-state index contributed by atoms with van der Waals surface area (Å²) in [5.41, 5.74) is -0.305. The maximum Gasteiger partial charge on any atom is 0.317 e. The minimum Gasteiger partial charge on any atom is -0.460 e. The molecule has 3 nitrogen and oxygen atoms in total. The molecule has 21 heavy (non-hydrogen) atoms. The second kappa shape index (κ2) is 5.90. The summed E-state index contributed by atoms with van der Waals surface area (Å²) < 4.78 is 5.98. The molecule has 1 aromatic heterocycles. The predicted octanol–water partition coefficient (Wildman–Crippen LogP) is 3.23. The number of fused-ring (bicyclic) bond motifs is 3. The Bertz CT molecular complexity index is 492. The van der Waals surface area contributed by atoms with Crippen molar-refractivity contribution < 1.29 is 9.53 Å². The van der Waals surface area contributed by atoms with Gasteiger partial charge in [0.05, 0.1) is 0 Å². The van der Waals surface area contributed by atoms with Gasteiger partial charge < -0.3 is 4.74 Å². The summed E-state index contributed by atoms with van der Waals surface area (Å²) in [5.74, 6) is 0.648. The first kappa shape index (κ1) is 15.3. The van der Waals surface area contributed by atoms with E-state index < -0.39 is 0 Å². The molecule has 116 valence electrons. The maximum absolute atomic E-state index is 12.8. The summed E-state index contributed by atoms with van der Waals surface area (Å²) in [6.07, 6.45) is 5.62. The molecule has 0 aromatic carbocycles. The number of halogens is 1. The van der Waals surface area contributed by atoms with Crippen molar-refractivity contribution in [3.63, 3.8) is 0 Å². The topological polar surface area (TPSA) is 29.5 Å². The Kier molecular flexibility index (Phi) is 4.30. The molecule has 0 N–H and O–H groups in total. The van der Waals surface area contributed by atoms with Crippen molar-refractivity contribution in [3.8, 4) is 0 Å². The minimum absolute atomic E-state index is 0. The molecule has 0 spiro atoms. The van der Waals surface area contributed by atoms with Crippen LogP contribution in [0.4, 0.5) is 0 Å². The third kappa shape index (κ3) is 2.51. The number of hydrogen-bond donors (Lipinski definition) is 0. The van der Waals surface area contributed by atoms with E-state index in [0.717, 1.165) is 25.8 Å². The van der Waals surface area contributed by atoms with Gasteiger partial charge in [0, 0.05) is 11.4 Å². The molecule has 4 fully saturated rings. The minimum atomic E-state index is -0.305. The molecule has 0 amide bonds. The highest BCUT2D eigenvalue weighted by molar-refractivity contribution is 7.10. The predicted molar refractivity (Wildman–Crippen MR) is 86.1 cm³/mol. The monoisotopic (exact) mass is 327 g/mol. The van der Waals surface area contributed by atoms with E-state index in [4.69, 9.17) is 4.74 Å². The van der Waals surface area contributed by atoms with Crippen molar-refractivity contribution in [1.29, 1.82) is 0 Å². The number of carbonyl (C=O) groups excluding carboxylic acids is 1. The van der Waals surface area contributed by atoms with Crippen LogP contribution in [0.15, 0.2) is 17.5 Å². The maximum atomic E-state index is 12.8. The van der Waals surface area contributed by atoms with E-state index >= 15 is 0 Å². The number of hydrogen-bond acceptors (Lipinski definition) is 4. The lowest BCUT2D eigenvalue weighted by Crippen LogP contribution is -2.54. The summed E-state index contributed by atoms with van der Waals surface area (Å²) in [6.45, 7) is 3.33. The van der Waals surface area contributed by atoms with Crippen LogP contribution in [0.3, 0.4) is 0 Å². The fourth-order valence-electron chi connectivity index (χ4n) is 3.93. The standard InChI is InChI=1S/C16H21NO2S.ClH/c18-15(16(6-2-7-16)14-3-1-10-20-14)19-13-11-17-8-4-12(13)5-9-17;/h1,3,10,12-13H,2,4-9,11H2;1H. The van der Waals surface area contributed by atoms with Crippen LogP contribution in [-0.4, -0.2) is 36.6 Å². The molecule has 1 unspecified atom stereocenters. The van der Waals surface area contributed by atoms with Crippen LogP contribution < -0.4 is 0 Å². The average molecular weight is 328 g/mol. The summed E-state index contributed by atoms with van der Waals surface area (Å²) in [7, 11) is 0. The molecular weight excluding hydrogens is 306 g/mol. The molecule has 1 saturated carbocycles. The van der Waals surface area contributed by atoms with Gasteiger partial charge in [-0.15, -0.1) is 23.7 Å². The zero-order valence-corrected chi connectivity index (χ0v) is 13.8. The molecule has 5 rings (SSSR count). The van der Waals surface area contributed by atoms with Gasteiger partial charge in [-0.05, 0) is 56.1 Å². The molecule has 3 aliphatic heterocycles. The average Bonchev–Trinajstić information content (AvgIpc) is 2.93. The second-order valence-electron chi connectivity index (χ2n) is 6.49. The van der Waals surface area contributed by atoms with Crippen molar-refractivity contribution in [2.24, 2.45) is 5.92 Å². The molecule has 4 heterocycles. The van der Waals surface area contributed by atoms with Crippen LogP contribution >= 0.6 is 23.7 Å².